The van der Waals surface area contributed by atoms with Gasteiger partial charge in [0, 0.05) is 12.7 Å². The van der Waals surface area contributed by atoms with E-state index in [0.717, 1.165) is 11.3 Å². The first-order valence-electron chi connectivity index (χ1n) is 8.73. The Morgan fingerprint density at radius 3 is 2.86 bits per heavy atom. The summed E-state index contributed by atoms with van der Waals surface area (Å²) in [5, 5.41) is 9.80. The molecule has 1 atom stereocenters. The Bertz CT molecular complexity index is 912. The van der Waals surface area contributed by atoms with Crippen molar-refractivity contribution in [3.63, 3.8) is 0 Å². The maximum absolute atomic E-state index is 12.5. The zero-order valence-corrected chi connectivity index (χ0v) is 16.0. The molecule has 0 fully saturated rings. The van der Waals surface area contributed by atoms with Gasteiger partial charge in [-0.3, -0.25) is 0 Å². The molecule has 1 unspecified atom stereocenters. The summed E-state index contributed by atoms with van der Waals surface area (Å²) in [7, 11) is 5.57. The van der Waals surface area contributed by atoms with Crippen molar-refractivity contribution in [3.05, 3.63) is 60.8 Å². The van der Waals surface area contributed by atoms with Crippen molar-refractivity contribution in [1.82, 2.24) is 30.0 Å². The first kappa shape index (κ1) is 19.3. The maximum Gasteiger partial charge on any atom is 0.319 e. The number of benzene rings is 1. The van der Waals surface area contributed by atoms with Gasteiger partial charge in [-0.05, 0) is 43.9 Å². The molecule has 9 heteroatoms. The third-order valence-corrected chi connectivity index (χ3v) is 4.23. The number of likely N-dealkylation sites (N-methyl/N-ethyl adjacent to an activating group) is 1. The fourth-order valence-corrected chi connectivity index (χ4v) is 2.80. The molecule has 0 aliphatic carbocycles. The SMILES string of the molecule is COc1cccc(C(CNC(=O)Nc2cccnc2-n2cncn2)N(C)C)c1. The number of carbonyl (C=O) groups excluding carboxylic acids is 1. The number of urea groups is 1. The first-order chi connectivity index (χ1) is 13.6. The number of ether oxygens (including phenoxy) is 1. The standard InChI is InChI=1S/C19H23N7O2/c1-25(2)17(14-6-4-7-15(10-14)28-3)11-22-19(27)24-16-8-5-9-21-18(16)26-13-20-12-23-26/h4-10,12-13,17H,11H2,1-3H3,(H2,22,24,27). The minimum absolute atomic E-state index is 0.00969. The van der Waals surface area contributed by atoms with E-state index in [1.165, 1.54) is 17.3 Å². The Labute approximate surface area is 163 Å². The van der Waals surface area contributed by atoms with E-state index >= 15 is 0 Å². The lowest BCUT2D eigenvalue weighted by Crippen LogP contribution is -2.37. The van der Waals surface area contributed by atoms with Gasteiger partial charge >= 0.3 is 6.03 Å². The zero-order valence-electron chi connectivity index (χ0n) is 16.0. The lowest BCUT2D eigenvalue weighted by molar-refractivity contribution is 0.243. The highest BCUT2D eigenvalue weighted by atomic mass is 16.5. The summed E-state index contributed by atoms with van der Waals surface area (Å²) in [6.07, 6.45) is 4.57. The average molecular weight is 381 g/mol. The van der Waals surface area contributed by atoms with Crippen LogP contribution in [0.3, 0.4) is 0 Å². The lowest BCUT2D eigenvalue weighted by atomic mass is 10.1. The molecule has 3 rings (SSSR count). The van der Waals surface area contributed by atoms with Gasteiger partial charge in [0.25, 0.3) is 0 Å². The van der Waals surface area contributed by atoms with E-state index in [0.29, 0.717) is 18.1 Å². The smallest absolute Gasteiger partial charge is 0.319 e. The molecule has 9 nitrogen and oxygen atoms in total. The lowest BCUT2D eigenvalue weighted by Gasteiger charge is -2.25. The number of aromatic nitrogens is 4. The van der Waals surface area contributed by atoms with Crippen molar-refractivity contribution in [3.8, 4) is 11.6 Å². The van der Waals surface area contributed by atoms with Crippen LogP contribution in [0.4, 0.5) is 10.5 Å². The molecule has 0 saturated heterocycles. The highest BCUT2D eigenvalue weighted by Crippen LogP contribution is 2.22. The largest absolute Gasteiger partial charge is 0.497 e. The molecule has 0 aliphatic rings. The highest BCUT2D eigenvalue weighted by Gasteiger charge is 2.17. The maximum atomic E-state index is 12.5. The van der Waals surface area contributed by atoms with Crippen LogP contribution in [0.25, 0.3) is 5.82 Å². The molecule has 0 bridgehead atoms. The van der Waals surface area contributed by atoms with Crippen molar-refractivity contribution in [2.45, 2.75) is 6.04 Å². The van der Waals surface area contributed by atoms with Gasteiger partial charge in [-0.15, -0.1) is 0 Å². The van der Waals surface area contributed by atoms with Crippen LogP contribution in [-0.2, 0) is 0 Å². The molecule has 146 valence electrons. The summed E-state index contributed by atoms with van der Waals surface area (Å²) >= 11 is 0. The summed E-state index contributed by atoms with van der Waals surface area (Å²) in [4.78, 5) is 22.7. The second-order valence-electron chi connectivity index (χ2n) is 6.31. The molecular weight excluding hydrogens is 358 g/mol. The topological polar surface area (TPSA) is 97.2 Å². The van der Waals surface area contributed by atoms with Crippen LogP contribution < -0.4 is 15.4 Å². The van der Waals surface area contributed by atoms with Crippen LogP contribution in [0.5, 0.6) is 5.75 Å². The van der Waals surface area contributed by atoms with E-state index in [-0.39, 0.29) is 12.1 Å². The Morgan fingerprint density at radius 2 is 2.14 bits per heavy atom. The number of carbonyl (C=O) groups is 1. The van der Waals surface area contributed by atoms with E-state index in [9.17, 15) is 4.79 Å². The van der Waals surface area contributed by atoms with Crippen molar-refractivity contribution in [2.75, 3.05) is 33.1 Å². The molecular formula is C19H23N7O2. The normalized spacial score (nSPS) is 11.9. The fraction of sp³-hybridized carbons (Fsp3) is 0.263. The number of amides is 2. The molecule has 2 amide bonds. The molecule has 1 aromatic carbocycles. The van der Waals surface area contributed by atoms with Gasteiger partial charge in [-0.2, -0.15) is 5.10 Å². The summed E-state index contributed by atoms with van der Waals surface area (Å²) in [5.74, 6) is 1.27. The number of hydrogen-bond donors (Lipinski definition) is 2. The quantitative estimate of drug-likeness (QED) is 0.650. The average Bonchev–Trinajstić information content (AvgIpc) is 3.23. The van der Waals surface area contributed by atoms with Gasteiger partial charge in [0.15, 0.2) is 5.82 Å². The van der Waals surface area contributed by atoms with Crippen molar-refractivity contribution in [1.29, 1.82) is 0 Å². The molecule has 3 aromatic rings. The third kappa shape index (κ3) is 4.63. The number of methoxy groups -OCH3 is 1. The van der Waals surface area contributed by atoms with Crippen molar-refractivity contribution < 1.29 is 9.53 Å². The Hall–Kier alpha value is -3.46. The molecule has 0 spiro atoms. The molecule has 0 saturated carbocycles. The van der Waals surface area contributed by atoms with Gasteiger partial charge in [-0.1, -0.05) is 12.1 Å². The summed E-state index contributed by atoms with van der Waals surface area (Å²) in [6, 6.07) is 11.0. The van der Waals surface area contributed by atoms with Gasteiger partial charge in [0.2, 0.25) is 0 Å². The zero-order chi connectivity index (χ0) is 19.9. The Kier molecular flexibility index (Phi) is 6.18. The number of hydrogen-bond acceptors (Lipinski definition) is 6. The van der Waals surface area contributed by atoms with Crippen LogP contribution in [-0.4, -0.2) is 58.4 Å². The number of nitrogens with one attached hydrogen (secondary N) is 2. The van der Waals surface area contributed by atoms with E-state index < -0.39 is 0 Å². The predicted octanol–water partition coefficient (Wildman–Crippen LogP) is 2.10. The van der Waals surface area contributed by atoms with Gasteiger partial charge in [0.05, 0.1) is 18.8 Å². The number of rotatable bonds is 7. The molecule has 2 aromatic heterocycles. The molecule has 28 heavy (non-hydrogen) atoms. The highest BCUT2D eigenvalue weighted by molar-refractivity contribution is 5.91. The number of nitrogens with zero attached hydrogens (tertiary/aromatic N) is 5. The monoisotopic (exact) mass is 381 g/mol. The Balaban J connectivity index is 1.68. The molecule has 0 aliphatic heterocycles. The van der Waals surface area contributed by atoms with Crippen LogP contribution in [0.2, 0.25) is 0 Å². The van der Waals surface area contributed by atoms with Crippen LogP contribution in [0, 0.1) is 0 Å². The van der Waals surface area contributed by atoms with Crippen LogP contribution in [0.1, 0.15) is 11.6 Å². The minimum atomic E-state index is -0.330. The molecule has 2 N–H and O–H groups in total. The molecule has 2 heterocycles. The van der Waals surface area contributed by atoms with Crippen molar-refractivity contribution >= 4 is 11.7 Å². The summed E-state index contributed by atoms with van der Waals surface area (Å²) < 4.78 is 6.79. The summed E-state index contributed by atoms with van der Waals surface area (Å²) in [6.45, 7) is 0.422. The molecule has 0 radical (unpaired) electrons. The second kappa shape index (κ2) is 8.96. The van der Waals surface area contributed by atoms with Crippen LogP contribution in [0.15, 0.2) is 55.2 Å². The number of anilines is 1. The van der Waals surface area contributed by atoms with E-state index in [4.69, 9.17) is 4.74 Å². The summed E-state index contributed by atoms with van der Waals surface area (Å²) in [5.41, 5.74) is 1.59. The van der Waals surface area contributed by atoms with Crippen LogP contribution >= 0.6 is 0 Å². The third-order valence-electron chi connectivity index (χ3n) is 4.23. The second-order valence-corrected chi connectivity index (χ2v) is 6.31. The van der Waals surface area contributed by atoms with Gasteiger partial charge in [-0.25, -0.2) is 19.4 Å². The van der Waals surface area contributed by atoms with Gasteiger partial charge in [0.1, 0.15) is 18.4 Å². The van der Waals surface area contributed by atoms with Crippen molar-refractivity contribution in [2.24, 2.45) is 0 Å². The minimum Gasteiger partial charge on any atom is -0.497 e. The Morgan fingerprint density at radius 1 is 1.29 bits per heavy atom. The van der Waals surface area contributed by atoms with E-state index in [1.54, 1.807) is 25.4 Å². The van der Waals surface area contributed by atoms with E-state index in [1.807, 2.05) is 43.3 Å². The predicted molar refractivity (Wildman–Crippen MR) is 106 cm³/mol. The van der Waals surface area contributed by atoms with Gasteiger partial charge < -0.3 is 20.3 Å². The fourth-order valence-electron chi connectivity index (χ4n) is 2.80. The first-order valence-corrected chi connectivity index (χ1v) is 8.73. The number of pyridine rings is 1. The van der Waals surface area contributed by atoms with E-state index in [2.05, 4.69) is 25.7 Å².